The molecule has 2 heterocycles. The van der Waals surface area contributed by atoms with Crippen LogP contribution in [-0.4, -0.2) is 207 Å². The van der Waals surface area contributed by atoms with Gasteiger partial charge >= 0.3 is 18.2 Å². The largest absolute Gasteiger partial charge is 0.420 e. The Labute approximate surface area is 626 Å². The first kappa shape index (κ1) is 90.1. The topological polar surface area (TPSA) is 322 Å². The Morgan fingerprint density at radius 3 is 1.82 bits per heavy atom. The zero-order chi connectivity index (χ0) is 80.8. The highest BCUT2D eigenvalue weighted by atomic mass is 19.4. The van der Waals surface area contributed by atoms with Gasteiger partial charge in [0.15, 0.2) is 0 Å². The number of halogens is 8. The number of nitrogens with one attached hydrogen (secondary N) is 7. The number of nitrogens with two attached hydrogens (primary N) is 1. The molecule has 602 valence electrons. The molecule has 10 amide bonds. The fourth-order valence-corrected chi connectivity index (χ4v) is 14.0. The molecule has 0 bridgehead atoms. The first-order valence-electron chi connectivity index (χ1n) is 36.6. The molecule has 25 nitrogen and oxygen atoms in total. The first-order chi connectivity index (χ1) is 50.8. The maximum absolute atomic E-state index is 14.7. The van der Waals surface area contributed by atoms with E-state index < -0.39 is 180 Å². The van der Waals surface area contributed by atoms with Gasteiger partial charge < -0.3 is 67.0 Å². The summed E-state index contributed by atoms with van der Waals surface area (Å²) in [7, 11) is 8.27. The van der Waals surface area contributed by atoms with Crippen LogP contribution in [0.4, 0.5) is 45.6 Å². The number of ether oxygens (including phenoxy) is 3. The minimum absolute atomic E-state index is 0.00225. The molecule has 2 fully saturated rings. The van der Waals surface area contributed by atoms with Crippen LogP contribution in [0.15, 0.2) is 54.6 Å². The summed E-state index contributed by atoms with van der Waals surface area (Å²) >= 11 is 0. The van der Waals surface area contributed by atoms with Gasteiger partial charge in [-0.05, 0) is 119 Å². The third kappa shape index (κ3) is 25.0. The van der Waals surface area contributed by atoms with Gasteiger partial charge in [-0.15, -0.1) is 0 Å². The van der Waals surface area contributed by atoms with E-state index in [9.17, 15) is 83.1 Å². The van der Waals surface area contributed by atoms with Crippen molar-refractivity contribution in [3.63, 3.8) is 0 Å². The van der Waals surface area contributed by atoms with Crippen LogP contribution in [-0.2, 0) is 65.6 Å². The Balaban J connectivity index is 1.21. The molecule has 3 aromatic carbocycles. The molecule has 0 unspecified atom stereocenters. The number of likely N-dealkylation sites (N-methyl/N-ethyl adjacent to an activating group) is 2. The zero-order valence-corrected chi connectivity index (χ0v) is 63.9. The molecule has 0 spiro atoms. The van der Waals surface area contributed by atoms with Gasteiger partial charge in [0.1, 0.15) is 30.2 Å². The summed E-state index contributed by atoms with van der Waals surface area (Å²) in [6, 6.07) is 6.00. The Kier molecular flexibility index (Phi) is 34.9. The maximum Gasteiger partial charge on any atom is 0.404 e. The zero-order valence-electron chi connectivity index (χ0n) is 63.9. The molecule has 2 saturated heterocycles. The lowest BCUT2D eigenvalue weighted by Crippen LogP contribution is -2.59. The molecule has 0 aliphatic carbocycles. The number of piperidine rings is 1. The average molecular weight is 1540 g/mol. The maximum atomic E-state index is 14.7. The number of alkyl halides is 3. The van der Waals surface area contributed by atoms with Crippen molar-refractivity contribution in [1.82, 2.24) is 51.5 Å². The number of hydrogen-bond donors (Lipinski definition) is 8. The second-order valence-corrected chi connectivity index (χ2v) is 29.1. The standard InChI is InChI=1S/C75H108F8N12O13/c1-15-43(8)64(93(12)72(103)62(41(4)5)91-71(102)63(42(6)7)92(10)11)52(106-13)38-55(97)95-34-20-25-51(95)65(107-14)44(9)67(98)89-50(36-45-22-17-16-18-23-45)68(99)86-39-46-27-29-48(30-28-46)87-69(100)49(24-19-32-85-74(84)105)88-70(101)61(40(2)3)90-54(96)26-21-33-94-35-31-47(37-53(94)75(81,82)83)73(104)108-66-59(79)57(77)56(76)58(78)60(66)80/h16-18,22-23,27-30,40-44,47,49-53,61-65H,15,19-21,24-26,31-39H2,1-14H3,(H,86,99)(H,87,100)(H,88,101)(H,89,98)(H,90,96)(H,91,102)(H3,84,85,105)/t43-,44+,47-,49-,50-,51-,52+,53+,61-,62-,63-,64-,65+/m0/s1. The summed E-state index contributed by atoms with van der Waals surface area (Å²) in [6.45, 7) is 15.9. The number of primary amides is 1. The van der Waals surface area contributed by atoms with Crippen LogP contribution < -0.4 is 47.7 Å². The van der Waals surface area contributed by atoms with Crippen molar-refractivity contribution in [2.24, 2.45) is 41.2 Å². The fraction of sp³-hybridized carbons (Fsp3) is 0.627. The van der Waals surface area contributed by atoms with Crippen LogP contribution in [0.5, 0.6) is 5.75 Å². The predicted molar refractivity (Wildman–Crippen MR) is 385 cm³/mol. The quantitative estimate of drug-likeness (QED) is 0.00688. The minimum Gasteiger partial charge on any atom is -0.420 e. The molecule has 9 N–H and O–H groups in total. The van der Waals surface area contributed by atoms with E-state index in [-0.39, 0.29) is 99.3 Å². The number of nitrogens with zero attached hydrogens (tertiary/aromatic N) is 4. The summed E-state index contributed by atoms with van der Waals surface area (Å²) in [5.74, 6) is -23.8. The highest BCUT2D eigenvalue weighted by Gasteiger charge is 2.49. The third-order valence-electron chi connectivity index (χ3n) is 20.1. The summed E-state index contributed by atoms with van der Waals surface area (Å²) in [5, 5.41) is 19.2. The van der Waals surface area contributed by atoms with Crippen molar-refractivity contribution in [1.29, 1.82) is 0 Å². The molecule has 0 saturated carbocycles. The molecule has 108 heavy (non-hydrogen) atoms. The van der Waals surface area contributed by atoms with Crippen LogP contribution in [0.2, 0.25) is 0 Å². The average Bonchev–Trinajstić information content (AvgIpc) is 1.49. The Morgan fingerprint density at radius 2 is 1.27 bits per heavy atom. The van der Waals surface area contributed by atoms with Gasteiger partial charge in [0.05, 0.1) is 48.6 Å². The smallest absolute Gasteiger partial charge is 0.404 e. The van der Waals surface area contributed by atoms with Crippen molar-refractivity contribution >= 4 is 64.9 Å². The first-order valence-corrected chi connectivity index (χ1v) is 36.6. The van der Waals surface area contributed by atoms with Crippen LogP contribution in [0.1, 0.15) is 138 Å². The van der Waals surface area contributed by atoms with E-state index in [1.54, 1.807) is 61.9 Å². The van der Waals surface area contributed by atoms with Crippen molar-refractivity contribution in [3.8, 4) is 5.75 Å². The predicted octanol–water partition coefficient (Wildman–Crippen LogP) is 7.41. The molecule has 5 rings (SSSR count). The molecule has 0 aromatic heterocycles. The summed E-state index contributed by atoms with van der Waals surface area (Å²) in [5.41, 5.74) is 6.81. The number of carbonyl (C=O) groups is 10. The fourth-order valence-electron chi connectivity index (χ4n) is 14.0. The van der Waals surface area contributed by atoms with Gasteiger partial charge in [0, 0.05) is 59.4 Å². The highest BCUT2D eigenvalue weighted by molar-refractivity contribution is 5.98. The number of anilines is 1. The van der Waals surface area contributed by atoms with Crippen LogP contribution in [0.3, 0.4) is 0 Å². The van der Waals surface area contributed by atoms with E-state index in [4.69, 9.17) is 15.2 Å². The summed E-state index contributed by atoms with van der Waals surface area (Å²) < 4.78 is 129. The number of carbonyl (C=O) groups excluding carboxylic acids is 10. The summed E-state index contributed by atoms with van der Waals surface area (Å²) in [4.78, 5) is 143. The van der Waals surface area contributed by atoms with Gasteiger partial charge in [0.25, 0.3) is 0 Å². The number of esters is 1. The van der Waals surface area contributed by atoms with Gasteiger partial charge in [0.2, 0.25) is 82.1 Å². The number of hydrogen-bond acceptors (Lipinski definition) is 15. The third-order valence-corrected chi connectivity index (χ3v) is 20.1. The molecule has 2 aliphatic rings. The van der Waals surface area contributed by atoms with Crippen molar-refractivity contribution in [2.45, 2.75) is 206 Å². The van der Waals surface area contributed by atoms with Gasteiger partial charge in [-0.3, -0.25) is 53.0 Å². The van der Waals surface area contributed by atoms with E-state index in [2.05, 4.69) is 42.0 Å². The molecule has 3 aromatic rings. The van der Waals surface area contributed by atoms with E-state index in [1.165, 1.54) is 26.4 Å². The van der Waals surface area contributed by atoms with Crippen molar-refractivity contribution in [2.75, 3.05) is 66.9 Å². The van der Waals surface area contributed by atoms with Crippen LogP contribution in [0.25, 0.3) is 0 Å². The van der Waals surface area contributed by atoms with Crippen molar-refractivity contribution in [3.05, 3.63) is 94.8 Å². The number of benzene rings is 3. The second kappa shape index (κ2) is 41.9. The normalized spacial score (nSPS) is 18.4. The van der Waals surface area contributed by atoms with E-state index in [1.807, 2.05) is 78.7 Å². The van der Waals surface area contributed by atoms with Crippen LogP contribution >= 0.6 is 0 Å². The molecule has 33 heteroatoms. The number of urea groups is 1. The Hall–Kier alpha value is -8.56. The monoisotopic (exact) mass is 1540 g/mol. The Bertz CT molecular complexity index is 3510. The molecule has 13 atom stereocenters. The van der Waals surface area contributed by atoms with Crippen LogP contribution in [0, 0.1) is 64.6 Å². The minimum atomic E-state index is -4.99. The molecule has 2 aliphatic heterocycles. The number of amides is 10. The lowest BCUT2D eigenvalue weighted by Gasteiger charge is -2.41. The molecular formula is C75H108F8N12O13. The number of methoxy groups -OCH3 is 2. The van der Waals surface area contributed by atoms with Gasteiger partial charge in [-0.2, -0.15) is 22.0 Å². The van der Waals surface area contributed by atoms with Crippen molar-refractivity contribution < 1.29 is 97.3 Å². The summed E-state index contributed by atoms with van der Waals surface area (Å²) in [6.07, 6.45) is -6.79. The lowest BCUT2D eigenvalue weighted by atomic mass is 9.89. The van der Waals surface area contributed by atoms with Gasteiger partial charge in [-0.1, -0.05) is 111 Å². The highest BCUT2D eigenvalue weighted by Crippen LogP contribution is 2.38. The van der Waals surface area contributed by atoms with E-state index in [0.29, 0.717) is 31.4 Å². The van der Waals surface area contributed by atoms with E-state index in [0.717, 1.165) is 10.5 Å². The molecular weight excluding hydrogens is 1430 g/mol. The number of rotatable bonds is 39. The second-order valence-electron chi connectivity index (χ2n) is 29.1. The molecule has 0 radical (unpaired) electrons. The van der Waals surface area contributed by atoms with E-state index >= 15 is 0 Å². The SMILES string of the molecule is CC[C@H](C)[C@@H]([C@@H](CC(=O)N1CCC[C@H]1[C@H](OC)[C@@H](C)C(=O)N[C@@H](Cc1ccccc1)C(=O)NCc1ccc(NC(=O)[C@H](CCCNC(N)=O)NC(=O)[C@@H](NC(=O)CCCN2CC[C@H](C(=O)Oc3c(F)c(F)c(F)c(F)c3F)C[C@@H]2C(F)(F)F)C(C)C)cc1)OC)N(C)C(=O)[C@@H](NC(=O)[C@H](C(C)C)N(C)C)C(C)C. The number of likely N-dealkylation sites (tertiary alicyclic amines) is 2. The van der Waals surface area contributed by atoms with Gasteiger partial charge in [-0.25, -0.2) is 18.0 Å². The Morgan fingerprint density at radius 1 is 0.657 bits per heavy atom. The lowest BCUT2D eigenvalue weighted by molar-refractivity contribution is -0.197.